The van der Waals surface area contributed by atoms with Gasteiger partial charge in [0, 0.05) is 55.0 Å². The Labute approximate surface area is 219 Å². The van der Waals surface area contributed by atoms with Crippen molar-refractivity contribution < 1.29 is 32.6 Å². The standard InChI is InChI=1S/C25H29N5O7S/c1-37-13-5-11-29-18-10-9-17(15-6-4-7-16(21(15)18)24(29)33)27-22(31)19-8-2-3-12-30(19)38(35,36)20-14-26-25(34)28-23(20)32/h4,6-7,9-10,14,19,25-26,34H,2-3,5,8,11-13H2,1H3,(H,27,31)(H,28,32)/t19?,25-/m0/s1. The Morgan fingerprint density at radius 2 is 2.03 bits per heavy atom. The lowest BCUT2D eigenvalue weighted by atomic mass is 10.0. The Morgan fingerprint density at radius 1 is 1.21 bits per heavy atom. The number of nitrogens with one attached hydrogen (secondary N) is 3. The second-order valence-electron chi connectivity index (χ2n) is 9.33. The number of hydrogen-bond donors (Lipinski definition) is 4. The first kappa shape index (κ1) is 26.1. The summed E-state index contributed by atoms with van der Waals surface area (Å²) >= 11 is 0. The van der Waals surface area contributed by atoms with Crippen LogP contribution in [0.2, 0.25) is 0 Å². The van der Waals surface area contributed by atoms with E-state index in [1.807, 2.05) is 6.07 Å². The van der Waals surface area contributed by atoms with Gasteiger partial charge in [0.1, 0.15) is 6.04 Å². The van der Waals surface area contributed by atoms with Crippen LogP contribution in [0.25, 0.3) is 10.8 Å². The zero-order valence-electron chi connectivity index (χ0n) is 20.8. The van der Waals surface area contributed by atoms with Crippen molar-refractivity contribution in [1.82, 2.24) is 14.9 Å². The Bertz CT molecular complexity index is 1440. The SMILES string of the molecule is COCCCN1C(=O)c2cccc3c(NC(=O)C4CCCCN4S(=O)(=O)C4=CN[C@H](O)NC4=O)ccc1c23. The van der Waals surface area contributed by atoms with Crippen LogP contribution in [0, 0.1) is 0 Å². The highest BCUT2D eigenvalue weighted by Crippen LogP contribution is 2.41. The van der Waals surface area contributed by atoms with Crippen LogP contribution in [-0.4, -0.2) is 74.8 Å². The van der Waals surface area contributed by atoms with Crippen molar-refractivity contribution in [3.8, 4) is 0 Å². The number of carbonyl (C=O) groups excluding carboxylic acids is 3. The molecule has 5 rings (SSSR count). The number of methoxy groups -OCH3 is 1. The summed E-state index contributed by atoms with van der Waals surface area (Å²) in [6.07, 6.45) is 1.68. The normalized spacial score (nSPS) is 21.7. The predicted octanol–water partition coefficient (Wildman–Crippen LogP) is 0.796. The van der Waals surface area contributed by atoms with E-state index in [4.69, 9.17) is 4.74 Å². The van der Waals surface area contributed by atoms with Crippen molar-refractivity contribution in [2.75, 3.05) is 37.0 Å². The maximum Gasteiger partial charge on any atom is 0.269 e. The third kappa shape index (κ3) is 4.51. The third-order valence-corrected chi connectivity index (χ3v) is 8.89. The number of rotatable bonds is 8. The number of nitrogens with zero attached hydrogens (tertiary/aromatic N) is 2. The van der Waals surface area contributed by atoms with Crippen LogP contribution in [0.1, 0.15) is 36.0 Å². The minimum absolute atomic E-state index is 0.0718. The molecule has 1 fully saturated rings. The lowest BCUT2D eigenvalue weighted by Gasteiger charge is -2.34. The summed E-state index contributed by atoms with van der Waals surface area (Å²) in [5.74, 6) is -1.60. The highest BCUT2D eigenvalue weighted by molar-refractivity contribution is 7.94. The highest BCUT2D eigenvalue weighted by Gasteiger charge is 2.42. The van der Waals surface area contributed by atoms with E-state index in [1.165, 1.54) is 0 Å². The number of amides is 3. The zero-order chi connectivity index (χ0) is 27.0. The van der Waals surface area contributed by atoms with Gasteiger partial charge in [-0.2, -0.15) is 4.31 Å². The summed E-state index contributed by atoms with van der Waals surface area (Å²) in [5, 5.41) is 18.3. The van der Waals surface area contributed by atoms with Gasteiger partial charge in [-0.05, 0) is 37.5 Å². The van der Waals surface area contributed by atoms with Crippen molar-refractivity contribution in [1.29, 1.82) is 0 Å². The molecule has 2 aromatic carbocycles. The quantitative estimate of drug-likeness (QED) is 0.356. The second-order valence-corrected chi connectivity index (χ2v) is 11.2. The van der Waals surface area contributed by atoms with Gasteiger partial charge in [0.2, 0.25) is 12.3 Å². The molecule has 13 heteroatoms. The van der Waals surface area contributed by atoms with Crippen molar-refractivity contribution in [2.45, 2.75) is 38.1 Å². The van der Waals surface area contributed by atoms with E-state index < -0.39 is 39.1 Å². The molecule has 1 saturated heterocycles. The van der Waals surface area contributed by atoms with Crippen LogP contribution in [0.5, 0.6) is 0 Å². The molecular weight excluding hydrogens is 514 g/mol. The molecule has 2 atom stereocenters. The number of ether oxygens (including phenoxy) is 1. The van der Waals surface area contributed by atoms with Gasteiger partial charge >= 0.3 is 0 Å². The molecule has 1 unspecified atom stereocenters. The largest absolute Gasteiger partial charge is 0.385 e. The minimum atomic E-state index is -4.33. The summed E-state index contributed by atoms with van der Waals surface area (Å²) < 4.78 is 32.9. The Morgan fingerprint density at radius 3 is 2.79 bits per heavy atom. The first-order chi connectivity index (χ1) is 18.2. The zero-order valence-corrected chi connectivity index (χ0v) is 21.6. The first-order valence-corrected chi connectivity index (χ1v) is 13.8. The summed E-state index contributed by atoms with van der Waals surface area (Å²) in [4.78, 5) is 40.0. The van der Waals surface area contributed by atoms with Gasteiger partial charge in [-0.3, -0.25) is 14.4 Å². The molecule has 38 heavy (non-hydrogen) atoms. The van der Waals surface area contributed by atoms with E-state index in [9.17, 15) is 27.9 Å². The van der Waals surface area contributed by atoms with Gasteiger partial charge in [0.25, 0.3) is 21.8 Å². The number of aliphatic hydroxyl groups is 1. The van der Waals surface area contributed by atoms with E-state index in [0.29, 0.717) is 49.1 Å². The van der Waals surface area contributed by atoms with E-state index in [1.54, 1.807) is 36.3 Å². The summed E-state index contributed by atoms with van der Waals surface area (Å²) in [5.41, 5.74) is 1.75. The number of aliphatic hydroxyl groups excluding tert-OH is 1. The lowest BCUT2D eigenvalue weighted by Crippen LogP contribution is -2.54. The molecule has 3 aliphatic rings. The van der Waals surface area contributed by atoms with Crippen LogP contribution in [0.4, 0.5) is 11.4 Å². The number of carbonyl (C=O) groups is 3. The number of benzene rings is 2. The molecule has 3 heterocycles. The number of sulfonamides is 1. The average Bonchev–Trinajstić information content (AvgIpc) is 3.17. The van der Waals surface area contributed by atoms with Gasteiger partial charge in [-0.15, -0.1) is 0 Å². The minimum Gasteiger partial charge on any atom is -0.385 e. The molecule has 3 amide bonds. The molecular formula is C25H29N5O7S. The number of piperidine rings is 1. The fraction of sp³-hybridized carbons (Fsp3) is 0.400. The van der Waals surface area contributed by atoms with Crippen LogP contribution in [0.15, 0.2) is 41.4 Å². The third-order valence-electron chi connectivity index (χ3n) is 6.98. The van der Waals surface area contributed by atoms with Crippen LogP contribution < -0.4 is 20.9 Å². The number of anilines is 2. The molecule has 0 aliphatic carbocycles. The molecule has 2 aromatic rings. The van der Waals surface area contributed by atoms with E-state index in [2.05, 4.69) is 16.0 Å². The van der Waals surface area contributed by atoms with Crippen LogP contribution >= 0.6 is 0 Å². The summed E-state index contributed by atoms with van der Waals surface area (Å²) in [6.45, 7) is 1.09. The molecule has 202 valence electrons. The van der Waals surface area contributed by atoms with Gasteiger partial charge < -0.3 is 30.7 Å². The van der Waals surface area contributed by atoms with Gasteiger partial charge in [-0.25, -0.2) is 8.42 Å². The fourth-order valence-corrected chi connectivity index (χ4v) is 6.86. The Balaban J connectivity index is 1.43. The lowest BCUT2D eigenvalue weighted by molar-refractivity contribution is -0.122. The topological polar surface area (TPSA) is 157 Å². The van der Waals surface area contributed by atoms with Gasteiger partial charge in [-0.1, -0.05) is 18.6 Å². The van der Waals surface area contributed by atoms with Gasteiger partial charge in [0.05, 0.1) is 5.69 Å². The maximum absolute atomic E-state index is 13.5. The van der Waals surface area contributed by atoms with Crippen molar-refractivity contribution in [3.63, 3.8) is 0 Å². The van der Waals surface area contributed by atoms with E-state index in [-0.39, 0.29) is 18.9 Å². The molecule has 0 radical (unpaired) electrons. The summed E-state index contributed by atoms with van der Waals surface area (Å²) in [7, 11) is -2.72. The summed E-state index contributed by atoms with van der Waals surface area (Å²) in [6, 6.07) is 7.77. The second kappa shape index (κ2) is 10.3. The molecule has 0 aromatic heterocycles. The molecule has 0 spiro atoms. The average molecular weight is 544 g/mol. The predicted molar refractivity (Wildman–Crippen MR) is 139 cm³/mol. The monoisotopic (exact) mass is 543 g/mol. The van der Waals surface area contributed by atoms with Crippen LogP contribution in [0.3, 0.4) is 0 Å². The van der Waals surface area contributed by atoms with Crippen LogP contribution in [-0.2, 0) is 24.3 Å². The highest BCUT2D eigenvalue weighted by atomic mass is 32.2. The van der Waals surface area contributed by atoms with E-state index in [0.717, 1.165) is 21.6 Å². The molecule has 0 bridgehead atoms. The smallest absolute Gasteiger partial charge is 0.269 e. The first-order valence-electron chi connectivity index (χ1n) is 12.4. The molecule has 12 nitrogen and oxygen atoms in total. The Kier molecular flexibility index (Phi) is 7.09. The van der Waals surface area contributed by atoms with Crippen molar-refractivity contribution in [2.24, 2.45) is 0 Å². The van der Waals surface area contributed by atoms with Crippen molar-refractivity contribution >= 4 is 49.9 Å². The Hall–Kier alpha value is -3.52. The van der Waals surface area contributed by atoms with Crippen molar-refractivity contribution in [3.05, 3.63) is 47.0 Å². The van der Waals surface area contributed by atoms with E-state index >= 15 is 0 Å². The number of hydrogen-bond acceptors (Lipinski definition) is 8. The molecule has 0 saturated carbocycles. The fourth-order valence-electron chi connectivity index (χ4n) is 5.19. The van der Waals surface area contributed by atoms with Gasteiger partial charge in [0.15, 0.2) is 4.91 Å². The molecule has 3 aliphatic heterocycles. The molecule has 4 N–H and O–H groups in total. The maximum atomic E-state index is 13.5.